The molecule has 0 saturated heterocycles. The topological polar surface area (TPSA) is 28.7 Å². The van der Waals surface area contributed by atoms with E-state index in [1.807, 2.05) is 13.2 Å². The van der Waals surface area contributed by atoms with Crippen molar-refractivity contribution < 1.29 is 4.39 Å². The molecule has 2 rings (SSSR count). The van der Waals surface area contributed by atoms with Crippen LogP contribution in [0.2, 0.25) is 5.02 Å². The van der Waals surface area contributed by atoms with Crippen molar-refractivity contribution in [2.24, 2.45) is 0 Å². The van der Waals surface area contributed by atoms with Crippen LogP contribution in [0, 0.1) is 12.7 Å². The number of rotatable bonds is 2. The van der Waals surface area contributed by atoms with Gasteiger partial charge in [0, 0.05) is 16.1 Å². The molecule has 0 unspecified atom stereocenters. The minimum absolute atomic E-state index is 0.352. The lowest BCUT2D eigenvalue weighted by molar-refractivity contribution is 0.630. The lowest BCUT2D eigenvalue weighted by atomic mass is 10.1. The first-order chi connectivity index (χ1) is 7.63. The summed E-state index contributed by atoms with van der Waals surface area (Å²) < 4.78 is 13.7. The van der Waals surface area contributed by atoms with Crippen LogP contribution >= 0.6 is 23.4 Å². The molecule has 0 radical (unpaired) electrons. The van der Waals surface area contributed by atoms with E-state index in [1.54, 1.807) is 23.9 Å². The van der Waals surface area contributed by atoms with E-state index in [4.69, 9.17) is 11.6 Å². The van der Waals surface area contributed by atoms with Gasteiger partial charge in [-0.1, -0.05) is 11.6 Å². The second-order valence-corrected chi connectivity index (χ2v) is 4.61. The number of nitrogens with zero attached hydrogens (tertiary/aromatic N) is 1. The van der Waals surface area contributed by atoms with Crippen molar-refractivity contribution in [2.45, 2.75) is 11.9 Å². The van der Waals surface area contributed by atoms with Crippen LogP contribution in [0.1, 0.15) is 5.56 Å². The molecule has 0 fully saturated rings. The van der Waals surface area contributed by atoms with Crippen LogP contribution in [0.4, 0.5) is 4.39 Å². The van der Waals surface area contributed by atoms with Gasteiger partial charge in [0.25, 0.3) is 0 Å². The van der Waals surface area contributed by atoms with Gasteiger partial charge in [-0.3, -0.25) is 5.10 Å². The molecule has 0 bridgehead atoms. The smallest absolute Gasteiger partial charge is 0.134 e. The number of aromatic nitrogens is 2. The van der Waals surface area contributed by atoms with Gasteiger partial charge in [-0.25, -0.2) is 4.39 Å². The van der Waals surface area contributed by atoms with E-state index >= 15 is 0 Å². The third-order valence-electron chi connectivity index (χ3n) is 2.36. The fourth-order valence-corrected chi connectivity index (χ4v) is 2.22. The zero-order chi connectivity index (χ0) is 11.7. The summed E-state index contributed by atoms with van der Waals surface area (Å²) in [5.41, 5.74) is 2.06. The summed E-state index contributed by atoms with van der Waals surface area (Å²) in [6.07, 6.45) is 1.95. The quantitative estimate of drug-likeness (QED) is 0.826. The molecule has 1 N–H and O–H groups in total. The highest BCUT2D eigenvalue weighted by Gasteiger charge is 2.14. The second-order valence-electron chi connectivity index (χ2n) is 3.35. The first-order valence-corrected chi connectivity index (χ1v) is 6.28. The molecule has 0 atom stereocenters. The Morgan fingerprint density at radius 3 is 2.75 bits per heavy atom. The molecule has 0 aliphatic carbocycles. The molecule has 84 valence electrons. The summed E-state index contributed by atoms with van der Waals surface area (Å²) in [6.45, 7) is 1.92. The SMILES string of the molecule is CSc1[nH]nc(-c2ccc(Cl)cc2F)c1C. The third-order valence-corrected chi connectivity index (χ3v) is 3.40. The molecule has 2 aromatic rings. The van der Waals surface area contributed by atoms with Crippen molar-refractivity contribution >= 4 is 23.4 Å². The maximum Gasteiger partial charge on any atom is 0.134 e. The Hall–Kier alpha value is -1.00. The summed E-state index contributed by atoms with van der Waals surface area (Å²) in [4.78, 5) is 0. The summed E-state index contributed by atoms with van der Waals surface area (Å²) in [7, 11) is 0. The van der Waals surface area contributed by atoms with Crippen LogP contribution in [-0.4, -0.2) is 16.5 Å². The van der Waals surface area contributed by atoms with Gasteiger partial charge in [0.05, 0.1) is 10.7 Å². The molecular formula is C11H10ClFN2S. The number of hydrogen-bond donors (Lipinski definition) is 1. The van der Waals surface area contributed by atoms with Crippen LogP contribution in [0.15, 0.2) is 23.2 Å². The molecule has 0 aliphatic rings. The highest BCUT2D eigenvalue weighted by Crippen LogP contribution is 2.30. The molecule has 16 heavy (non-hydrogen) atoms. The monoisotopic (exact) mass is 256 g/mol. The number of thioether (sulfide) groups is 1. The molecule has 1 aromatic carbocycles. The molecule has 0 amide bonds. The van der Waals surface area contributed by atoms with E-state index in [0.29, 0.717) is 16.3 Å². The van der Waals surface area contributed by atoms with Crippen molar-refractivity contribution in [3.05, 3.63) is 34.6 Å². The maximum absolute atomic E-state index is 13.7. The van der Waals surface area contributed by atoms with Crippen molar-refractivity contribution in [2.75, 3.05) is 6.26 Å². The summed E-state index contributed by atoms with van der Waals surface area (Å²) in [5, 5.41) is 8.33. The molecule has 5 heteroatoms. The number of H-pyrrole nitrogens is 1. The van der Waals surface area contributed by atoms with Crippen LogP contribution < -0.4 is 0 Å². The predicted molar refractivity (Wildman–Crippen MR) is 65.5 cm³/mol. The number of aromatic amines is 1. The standard InChI is InChI=1S/C11H10ClFN2S/c1-6-10(14-15-11(6)16-2)8-4-3-7(12)5-9(8)13/h3-5H,1-2H3,(H,14,15). The first kappa shape index (κ1) is 11.5. The molecule has 2 nitrogen and oxygen atoms in total. The normalized spacial score (nSPS) is 10.8. The van der Waals surface area contributed by atoms with Crippen molar-refractivity contribution in [1.82, 2.24) is 10.2 Å². The van der Waals surface area contributed by atoms with Gasteiger partial charge < -0.3 is 0 Å². The van der Waals surface area contributed by atoms with Gasteiger partial charge in [0.1, 0.15) is 5.82 Å². The lowest BCUT2D eigenvalue weighted by Gasteiger charge is -2.01. The Labute approximate surface area is 102 Å². The average Bonchev–Trinajstić information content (AvgIpc) is 2.60. The molecular weight excluding hydrogens is 247 g/mol. The van der Waals surface area contributed by atoms with Gasteiger partial charge in [0.2, 0.25) is 0 Å². The Morgan fingerprint density at radius 2 is 2.19 bits per heavy atom. The summed E-state index contributed by atoms with van der Waals surface area (Å²) >= 11 is 7.26. The van der Waals surface area contributed by atoms with Crippen molar-refractivity contribution in [3.63, 3.8) is 0 Å². The Bertz CT molecular complexity index is 525. The van der Waals surface area contributed by atoms with Crippen LogP contribution in [-0.2, 0) is 0 Å². The Balaban J connectivity index is 2.54. The maximum atomic E-state index is 13.7. The van der Waals surface area contributed by atoms with Crippen LogP contribution in [0.3, 0.4) is 0 Å². The van der Waals surface area contributed by atoms with E-state index in [9.17, 15) is 4.39 Å². The Morgan fingerprint density at radius 1 is 1.44 bits per heavy atom. The first-order valence-electron chi connectivity index (χ1n) is 4.68. The highest BCUT2D eigenvalue weighted by molar-refractivity contribution is 7.98. The number of nitrogens with one attached hydrogen (secondary N) is 1. The average molecular weight is 257 g/mol. The van der Waals surface area contributed by atoms with Crippen LogP contribution in [0.5, 0.6) is 0 Å². The third kappa shape index (κ3) is 1.95. The van der Waals surface area contributed by atoms with Crippen molar-refractivity contribution in [3.8, 4) is 11.3 Å². The molecule has 0 saturated carbocycles. The van der Waals surface area contributed by atoms with E-state index < -0.39 is 0 Å². The minimum Gasteiger partial charge on any atom is -0.271 e. The van der Waals surface area contributed by atoms with E-state index in [2.05, 4.69) is 10.2 Å². The van der Waals surface area contributed by atoms with Gasteiger partial charge in [-0.15, -0.1) is 11.8 Å². The van der Waals surface area contributed by atoms with Crippen LogP contribution in [0.25, 0.3) is 11.3 Å². The highest BCUT2D eigenvalue weighted by atomic mass is 35.5. The minimum atomic E-state index is -0.352. The number of benzene rings is 1. The Kier molecular flexibility index (Phi) is 3.21. The second kappa shape index (κ2) is 4.47. The molecule has 1 aromatic heterocycles. The van der Waals surface area contributed by atoms with Gasteiger partial charge >= 0.3 is 0 Å². The van der Waals surface area contributed by atoms with E-state index in [1.165, 1.54) is 6.07 Å². The zero-order valence-corrected chi connectivity index (χ0v) is 10.4. The number of hydrogen-bond acceptors (Lipinski definition) is 2. The van der Waals surface area contributed by atoms with Gasteiger partial charge in [-0.2, -0.15) is 5.10 Å². The van der Waals surface area contributed by atoms with E-state index in [0.717, 1.165) is 10.6 Å². The van der Waals surface area contributed by atoms with E-state index in [-0.39, 0.29) is 5.82 Å². The fraction of sp³-hybridized carbons (Fsp3) is 0.182. The lowest BCUT2D eigenvalue weighted by Crippen LogP contribution is -1.86. The molecule has 0 spiro atoms. The largest absolute Gasteiger partial charge is 0.271 e. The molecule has 0 aliphatic heterocycles. The fourth-order valence-electron chi connectivity index (χ4n) is 1.52. The van der Waals surface area contributed by atoms with Gasteiger partial charge in [-0.05, 0) is 31.4 Å². The summed E-state index contributed by atoms with van der Waals surface area (Å²) in [5.74, 6) is -0.352. The van der Waals surface area contributed by atoms with Crippen molar-refractivity contribution in [1.29, 1.82) is 0 Å². The molecule has 1 heterocycles. The number of halogens is 2. The summed E-state index contributed by atoms with van der Waals surface area (Å²) in [6, 6.07) is 4.60. The van der Waals surface area contributed by atoms with Gasteiger partial charge in [0.15, 0.2) is 0 Å². The zero-order valence-electron chi connectivity index (χ0n) is 8.84. The predicted octanol–water partition coefficient (Wildman–Crippen LogP) is 3.90.